The van der Waals surface area contributed by atoms with Gasteiger partial charge in [-0.2, -0.15) is 0 Å². The lowest BCUT2D eigenvalue weighted by molar-refractivity contribution is 0.0948. The topological polar surface area (TPSA) is 85.4 Å². The lowest BCUT2D eigenvalue weighted by Crippen LogP contribution is -2.26. The van der Waals surface area contributed by atoms with Gasteiger partial charge < -0.3 is 20.1 Å². The number of carbonyl (C=O) groups is 1. The fraction of sp³-hybridized carbons (Fsp3) is 0.190. The van der Waals surface area contributed by atoms with Crippen molar-refractivity contribution in [2.24, 2.45) is 0 Å². The van der Waals surface area contributed by atoms with Crippen LogP contribution in [0.4, 0.5) is 15.9 Å². The van der Waals surface area contributed by atoms with Crippen molar-refractivity contribution in [1.29, 1.82) is 0 Å². The highest BCUT2D eigenvalue weighted by atomic mass is 19.1. The molecule has 150 valence electrons. The molecule has 0 unspecified atom stereocenters. The SMILES string of the molecule is COc1ccc(Nc2ccc(C(=O)NCCc3ccc(F)cc3)nn2)cc1OC. The van der Waals surface area contributed by atoms with E-state index in [9.17, 15) is 9.18 Å². The number of benzene rings is 2. The van der Waals surface area contributed by atoms with E-state index in [1.165, 1.54) is 12.1 Å². The molecule has 3 aromatic rings. The van der Waals surface area contributed by atoms with Crippen LogP contribution in [0.1, 0.15) is 16.1 Å². The van der Waals surface area contributed by atoms with Crippen LogP contribution in [0.5, 0.6) is 11.5 Å². The second kappa shape index (κ2) is 9.50. The summed E-state index contributed by atoms with van der Waals surface area (Å²) in [5.41, 5.74) is 1.89. The molecule has 29 heavy (non-hydrogen) atoms. The van der Waals surface area contributed by atoms with E-state index in [0.29, 0.717) is 30.3 Å². The van der Waals surface area contributed by atoms with Crippen molar-refractivity contribution in [3.05, 3.63) is 71.7 Å². The molecule has 3 rings (SSSR count). The van der Waals surface area contributed by atoms with Gasteiger partial charge in [-0.25, -0.2) is 4.39 Å². The number of rotatable bonds is 8. The number of amides is 1. The molecule has 0 aliphatic carbocycles. The molecule has 1 heterocycles. The van der Waals surface area contributed by atoms with Gasteiger partial charge in [0.25, 0.3) is 5.91 Å². The van der Waals surface area contributed by atoms with Crippen molar-refractivity contribution in [3.63, 3.8) is 0 Å². The summed E-state index contributed by atoms with van der Waals surface area (Å²) in [6, 6.07) is 14.8. The molecule has 1 aromatic heterocycles. The quantitative estimate of drug-likeness (QED) is 0.607. The van der Waals surface area contributed by atoms with Crippen molar-refractivity contribution in [1.82, 2.24) is 15.5 Å². The normalized spacial score (nSPS) is 10.3. The van der Waals surface area contributed by atoms with E-state index >= 15 is 0 Å². The fourth-order valence-electron chi connectivity index (χ4n) is 2.64. The van der Waals surface area contributed by atoms with Gasteiger partial charge in [-0.3, -0.25) is 4.79 Å². The van der Waals surface area contributed by atoms with Crippen LogP contribution in [-0.4, -0.2) is 36.9 Å². The van der Waals surface area contributed by atoms with Crippen molar-refractivity contribution in [2.75, 3.05) is 26.1 Å². The first kappa shape index (κ1) is 20.1. The number of nitrogens with one attached hydrogen (secondary N) is 2. The third-order valence-corrected chi connectivity index (χ3v) is 4.17. The number of anilines is 2. The molecular formula is C21H21FN4O3. The van der Waals surface area contributed by atoms with Gasteiger partial charge in [0.1, 0.15) is 5.82 Å². The molecule has 0 radical (unpaired) electrons. The van der Waals surface area contributed by atoms with Crippen LogP contribution >= 0.6 is 0 Å². The number of hydrogen-bond acceptors (Lipinski definition) is 6. The van der Waals surface area contributed by atoms with Gasteiger partial charge in [-0.15, -0.1) is 10.2 Å². The van der Waals surface area contributed by atoms with E-state index < -0.39 is 0 Å². The molecule has 0 aliphatic rings. The van der Waals surface area contributed by atoms with Gasteiger partial charge >= 0.3 is 0 Å². The number of ether oxygens (including phenoxy) is 2. The summed E-state index contributed by atoms with van der Waals surface area (Å²) in [7, 11) is 3.13. The summed E-state index contributed by atoms with van der Waals surface area (Å²) in [6.07, 6.45) is 0.596. The molecule has 0 spiro atoms. The number of hydrogen-bond donors (Lipinski definition) is 2. The predicted molar refractivity (Wildman–Crippen MR) is 107 cm³/mol. The maximum absolute atomic E-state index is 12.9. The van der Waals surface area contributed by atoms with Gasteiger partial charge in [-0.05, 0) is 48.4 Å². The third kappa shape index (κ3) is 5.41. The van der Waals surface area contributed by atoms with Gasteiger partial charge in [0, 0.05) is 18.3 Å². The maximum Gasteiger partial charge on any atom is 0.271 e. The molecule has 2 N–H and O–H groups in total. The number of halogens is 1. The van der Waals surface area contributed by atoms with Crippen LogP contribution in [0.2, 0.25) is 0 Å². The first-order valence-corrected chi connectivity index (χ1v) is 8.94. The highest BCUT2D eigenvalue weighted by molar-refractivity contribution is 5.92. The molecule has 7 nitrogen and oxygen atoms in total. The lowest BCUT2D eigenvalue weighted by atomic mass is 10.1. The van der Waals surface area contributed by atoms with Crippen molar-refractivity contribution in [3.8, 4) is 11.5 Å². The van der Waals surface area contributed by atoms with Crippen molar-refractivity contribution >= 4 is 17.4 Å². The van der Waals surface area contributed by atoms with Gasteiger partial charge in [-0.1, -0.05) is 12.1 Å². The predicted octanol–water partition coefficient (Wildman–Crippen LogP) is 3.35. The Morgan fingerprint density at radius 3 is 2.38 bits per heavy atom. The van der Waals surface area contributed by atoms with Crippen LogP contribution in [-0.2, 0) is 6.42 Å². The fourth-order valence-corrected chi connectivity index (χ4v) is 2.64. The van der Waals surface area contributed by atoms with E-state index in [4.69, 9.17) is 9.47 Å². The second-order valence-electron chi connectivity index (χ2n) is 6.13. The van der Waals surface area contributed by atoms with Crippen molar-refractivity contribution in [2.45, 2.75) is 6.42 Å². The summed E-state index contributed by atoms with van der Waals surface area (Å²) in [6.45, 7) is 0.414. The molecule has 0 saturated carbocycles. The van der Waals surface area contributed by atoms with Gasteiger partial charge in [0.2, 0.25) is 0 Å². The Balaban J connectivity index is 1.55. The first-order chi connectivity index (χ1) is 14.1. The van der Waals surface area contributed by atoms with Crippen molar-refractivity contribution < 1.29 is 18.7 Å². The average Bonchev–Trinajstić information content (AvgIpc) is 2.75. The summed E-state index contributed by atoms with van der Waals surface area (Å²) in [4.78, 5) is 12.2. The molecule has 8 heteroatoms. The molecular weight excluding hydrogens is 375 g/mol. The van der Waals surface area contributed by atoms with E-state index in [-0.39, 0.29) is 17.4 Å². The largest absolute Gasteiger partial charge is 0.493 e. The number of carbonyl (C=O) groups excluding carboxylic acids is 1. The Kier molecular flexibility index (Phi) is 6.57. The summed E-state index contributed by atoms with van der Waals surface area (Å²) < 4.78 is 23.4. The van der Waals surface area contributed by atoms with Gasteiger partial charge in [0.15, 0.2) is 23.0 Å². The van der Waals surface area contributed by atoms with Gasteiger partial charge in [0.05, 0.1) is 14.2 Å². The summed E-state index contributed by atoms with van der Waals surface area (Å²) >= 11 is 0. The highest BCUT2D eigenvalue weighted by Crippen LogP contribution is 2.30. The van der Waals surface area contributed by atoms with Crippen LogP contribution < -0.4 is 20.1 Å². The van der Waals surface area contributed by atoms with E-state index in [2.05, 4.69) is 20.8 Å². The maximum atomic E-state index is 12.9. The zero-order chi connectivity index (χ0) is 20.6. The third-order valence-electron chi connectivity index (χ3n) is 4.17. The zero-order valence-electron chi connectivity index (χ0n) is 16.1. The Bertz CT molecular complexity index is 963. The monoisotopic (exact) mass is 396 g/mol. The standard InChI is InChI=1S/C21H21FN4O3/c1-28-18-9-7-16(13-19(18)29-2)24-20-10-8-17(25-26-20)21(27)23-12-11-14-3-5-15(22)6-4-14/h3-10,13H,11-12H2,1-2H3,(H,23,27)(H,24,26). The highest BCUT2D eigenvalue weighted by Gasteiger charge is 2.09. The molecule has 0 aliphatic heterocycles. The molecule has 0 bridgehead atoms. The van der Waals surface area contributed by atoms with Crippen LogP contribution in [0.25, 0.3) is 0 Å². The smallest absolute Gasteiger partial charge is 0.271 e. The van der Waals surface area contributed by atoms with Crippen LogP contribution in [0.3, 0.4) is 0 Å². The lowest BCUT2D eigenvalue weighted by Gasteiger charge is -2.11. The summed E-state index contributed by atoms with van der Waals surface area (Å²) in [5.74, 6) is 1.09. The first-order valence-electron chi connectivity index (χ1n) is 8.94. The Morgan fingerprint density at radius 2 is 1.72 bits per heavy atom. The van der Waals surface area contributed by atoms with E-state index in [1.54, 1.807) is 50.6 Å². The van der Waals surface area contributed by atoms with E-state index in [0.717, 1.165) is 11.3 Å². The van der Waals surface area contributed by atoms with Crippen LogP contribution in [0.15, 0.2) is 54.6 Å². The zero-order valence-corrected chi connectivity index (χ0v) is 16.1. The Morgan fingerprint density at radius 1 is 0.966 bits per heavy atom. The number of nitrogens with zero attached hydrogens (tertiary/aromatic N) is 2. The molecule has 2 aromatic carbocycles. The minimum absolute atomic E-state index is 0.210. The second-order valence-corrected chi connectivity index (χ2v) is 6.13. The summed E-state index contributed by atoms with van der Waals surface area (Å²) in [5, 5.41) is 13.9. The minimum Gasteiger partial charge on any atom is -0.493 e. The molecule has 0 saturated heterocycles. The molecule has 1 amide bonds. The minimum atomic E-state index is -0.322. The number of methoxy groups -OCH3 is 2. The Labute approximate surface area is 167 Å². The number of aromatic nitrogens is 2. The van der Waals surface area contributed by atoms with Crippen LogP contribution in [0, 0.1) is 5.82 Å². The Hall–Kier alpha value is -3.68. The molecule has 0 fully saturated rings. The average molecular weight is 396 g/mol. The molecule has 0 atom stereocenters. The van der Waals surface area contributed by atoms with E-state index in [1.807, 2.05) is 6.07 Å².